The maximum Gasteiger partial charge on any atom is 0.0599 e. The van der Waals surface area contributed by atoms with Gasteiger partial charge in [-0.25, -0.2) is 0 Å². The molecule has 1 aliphatic heterocycles. The second-order valence-electron chi connectivity index (χ2n) is 3.42. The number of halogens is 2. The van der Waals surface area contributed by atoms with Gasteiger partial charge in [0.25, 0.3) is 0 Å². The first-order valence-electron chi connectivity index (χ1n) is 5.02. The Bertz CT molecular complexity index is 170. The third-order valence-electron chi connectivity index (χ3n) is 2.42. The summed E-state index contributed by atoms with van der Waals surface area (Å²) in [5.74, 6) is 0. The minimum Gasteiger partial charge on any atom is -0.377 e. The van der Waals surface area contributed by atoms with Crippen LogP contribution in [0.3, 0.4) is 0 Å². The summed E-state index contributed by atoms with van der Waals surface area (Å²) in [7, 11) is 0. The van der Waals surface area contributed by atoms with Crippen molar-refractivity contribution in [2.75, 3.05) is 31.6 Å². The van der Waals surface area contributed by atoms with Crippen molar-refractivity contribution in [3.8, 4) is 0 Å². The van der Waals surface area contributed by atoms with Crippen molar-refractivity contribution in [1.82, 2.24) is 4.90 Å². The van der Waals surface area contributed by atoms with Crippen molar-refractivity contribution in [3.63, 3.8) is 0 Å². The lowest BCUT2D eigenvalue weighted by atomic mass is 10.1. The molecule has 1 saturated heterocycles. The molecule has 14 heavy (non-hydrogen) atoms. The second-order valence-corrected chi connectivity index (χ2v) is 4.47. The molecule has 0 aliphatic carbocycles. The van der Waals surface area contributed by atoms with Crippen LogP contribution >= 0.6 is 27.5 Å². The summed E-state index contributed by atoms with van der Waals surface area (Å²) in [4.78, 5) is 2.40. The molecule has 0 bridgehead atoms. The Kier molecular flexibility index (Phi) is 6.86. The normalized spacial score (nSPS) is 20.7. The molecule has 1 fully saturated rings. The van der Waals surface area contributed by atoms with Gasteiger partial charge in [0.1, 0.15) is 0 Å². The second kappa shape index (κ2) is 7.69. The molecule has 0 radical (unpaired) electrons. The van der Waals surface area contributed by atoms with Crippen LogP contribution in [-0.4, -0.2) is 42.6 Å². The molecule has 0 amide bonds. The zero-order chi connectivity index (χ0) is 10.2. The van der Waals surface area contributed by atoms with Gasteiger partial charge >= 0.3 is 0 Å². The molecule has 1 heterocycles. The van der Waals surface area contributed by atoms with E-state index < -0.39 is 0 Å². The Hall–Kier alpha value is 0.430. The molecule has 1 rings (SSSR count). The first-order valence-corrected chi connectivity index (χ1v) is 6.57. The molecule has 0 atom stereocenters. The molecule has 2 nitrogen and oxygen atoms in total. The summed E-state index contributed by atoms with van der Waals surface area (Å²) in [5.41, 5.74) is 1.59. The molecule has 0 saturated carbocycles. The summed E-state index contributed by atoms with van der Waals surface area (Å²) in [6, 6.07) is 0. The Balaban J connectivity index is 2.11. The predicted molar refractivity (Wildman–Crippen MR) is 64.2 cm³/mol. The van der Waals surface area contributed by atoms with Gasteiger partial charge in [-0.3, -0.25) is 4.90 Å². The van der Waals surface area contributed by atoms with Gasteiger partial charge in [-0.2, -0.15) is 0 Å². The first kappa shape index (κ1) is 12.5. The number of piperidine rings is 1. The van der Waals surface area contributed by atoms with E-state index in [9.17, 15) is 0 Å². The van der Waals surface area contributed by atoms with Gasteiger partial charge in [0.15, 0.2) is 0 Å². The molecule has 0 spiro atoms. The minimum atomic E-state index is 0.462. The van der Waals surface area contributed by atoms with Gasteiger partial charge in [-0.15, -0.1) is 0 Å². The third-order valence-corrected chi connectivity index (χ3v) is 2.92. The van der Waals surface area contributed by atoms with Gasteiger partial charge in [0, 0.05) is 30.5 Å². The van der Waals surface area contributed by atoms with Crippen molar-refractivity contribution in [2.45, 2.75) is 18.9 Å². The number of alkyl halides is 1. The largest absolute Gasteiger partial charge is 0.377 e. The third kappa shape index (κ3) is 4.78. The van der Waals surface area contributed by atoms with Crippen LogP contribution in [0, 0.1) is 0 Å². The van der Waals surface area contributed by atoms with E-state index in [1.54, 1.807) is 5.54 Å². The van der Waals surface area contributed by atoms with Crippen LogP contribution in [0.25, 0.3) is 0 Å². The van der Waals surface area contributed by atoms with E-state index in [0.29, 0.717) is 6.10 Å². The highest BCUT2D eigenvalue weighted by Gasteiger charge is 2.18. The molecule has 4 heteroatoms. The molecular weight excluding hydrogens is 265 g/mol. The summed E-state index contributed by atoms with van der Waals surface area (Å²) in [6.07, 6.45) is 4.73. The summed E-state index contributed by atoms with van der Waals surface area (Å²) in [5, 5.41) is 0.933. The van der Waals surface area contributed by atoms with Crippen LogP contribution in [0.5, 0.6) is 0 Å². The van der Waals surface area contributed by atoms with E-state index in [-0.39, 0.29) is 0 Å². The maximum absolute atomic E-state index is 5.67. The van der Waals surface area contributed by atoms with E-state index in [2.05, 4.69) is 20.8 Å². The Morgan fingerprint density at radius 3 is 2.71 bits per heavy atom. The fourth-order valence-corrected chi connectivity index (χ4v) is 1.93. The monoisotopic (exact) mass is 281 g/mol. The number of rotatable bonds is 5. The fraction of sp³-hybridized carbons (Fsp3) is 0.800. The number of nitrogens with zero attached hydrogens (tertiary/aromatic N) is 1. The van der Waals surface area contributed by atoms with Crippen molar-refractivity contribution in [3.05, 3.63) is 11.6 Å². The van der Waals surface area contributed by atoms with Gasteiger partial charge in [0.05, 0.1) is 12.7 Å². The van der Waals surface area contributed by atoms with E-state index >= 15 is 0 Å². The lowest BCUT2D eigenvalue weighted by Gasteiger charge is -2.30. The maximum atomic E-state index is 5.67. The number of hydrogen-bond acceptors (Lipinski definition) is 2. The summed E-state index contributed by atoms with van der Waals surface area (Å²) < 4.78 is 5.67. The zero-order valence-electron chi connectivity index (χ0n) is 8.29. The fourth-order valence-electron chi connectivity index (χ4n) is 1.66. The lowest BCUT2D eigenvalue weighted by molar-refractivity contribution is 0.0184. The van der Waals surface area contributed by atoms with Crippen LogP contribution in [0.15, 0.2) is 11.6 Å². The summed E-state index contributed by atoms with van der Waals surface area (Å²) >= 11 is 8.84. The lowest BCUT2D eigenvalue weighted by Crippen LogP contribution is -2.37. The zero-order valence-corrected chi connectivity index (χ0v) is 10.6. The molecule has 0 N–H and O–H groups in total. The van der Waals surface area contributed by atoms with Gasteiger partial charge < -0.3 is 4.74 Å². The molecule has 1 aliphatic rings. The Morgan fingerprint density at radius 2 is 2.14 bits per heavy atom. The van der Waals surface area contributed by atoms with Crippen LogP contribution in [0.1, 0.15) is 12.8 Å². The van der Waals surface area contributed by atoms with Crippen LogP contribution in [0.2, 0.25) is 0 Å². The van der Waals surface area contributed by atoms with Crippen molar-refractivity contribution in [2.24, 2.45) is 0 Å². The average molecular weight is 283 g/mol. The van der Waals surface area contributed by atoms with E-state index in [1.807, 2.05) is 6.08 Å². The van der Waals surface area contributed by atoms with Crippen LogP contribution < -0.4 is 0 Å². The van der Waals surface area contributed by atoms with Crippen molar-refractivity contribution in [1.29, 1.82) is 0 Å². The highest BCUT2D eigenvalue weighted by atomic mass is 79.9. The smallest absolute Gasteiger partial charge is 0.0599 e. The van der Waals surface area contributed by atoms with Crippen LogP contribution in [0.4, 0.5) is 0 Å². The number of likely N-dealkylation sites (tertiary alicyclic amines) is 1. The summed E-state index contributed by atoms with van der Waals surface area (Å²) in [6.45, 7) is 4.03. The molecule has 0 aromatic rings. The standard InChI is InChI=1S/C10H17BrClNO/c11-4-9-14-10-2-7-13(8-3-10)6-1-5-12/h1,5,10H,2-4,6-9H2/b5-1+. The van der Waals surface area contributed by atoms with Gasteiger partial charge in [0.2, 0.25) is 0 Å². The van der Waals surface area contributed by atoms with Gasteiger partial charge in [-0.05, 0) is 12.8 Å². The molecule has 0 aromatic carbocycles. The van der Waals surface area contributed by atoms with E-state index in [0.717, 1.165) is 44.4 Å². The number of ether oxygens (including phenoxy) is 1. The minimum absolute atomic E-state index is 0.462. The van der Waals surface area contributed by atoms with E-state index in [1.165, 1.54) is 0 Å². The van der Waals surface area contributed by atoms with Gasteiger partial charge in [-0.1, -0.05) is 33.6 Å². The molecule has 0 aromatic heterocycles. The number of hydrogen-bond donors (Lipinski definition) is 0. The van der Waals surface area contributed by atoms with Crippen LogP contribution in [-0.2, 0) is 4.74 Å². The predicted octanol–water partition coefficient (Wildman–Crippen LogP) is 2.61. The topological polar surface area (TPSA) is 12.5 Å². The van der Waals surface area contributed by atoms with Crippen molar-refractivity contribution >= 4 is 27.5 Å². The SMILES string of the molecule is Cl/C=C/CN1CCC(OCCBr)CC1. The first-order chi connectivity index (χ1) is 6.86. The molecule has 0 unspecified atom stereocenters. The molecule has 82 valence electrons. The Morgan fingerprint density at radius 1 is 1.43 bits per heavy atom. The Labute approximate surface area is 99.4 Å². The molecular formula is C10H17BrClNO. The quantitative estimate of drug-likeness (QED) is 0.719. The highest BCUT2D eigenvalue weighted by Crippen LogP contribution is 2.13. The average Bonchev–Trinajstić information content (AvgIpc) is 2.25. The van der Waals surface area contributed by atoms with E-state index in [4.69, 9.17) is 16.3 Å². The van der Waals surface area contributed by atoms with Crippen molar-refractivity contribution < 1.29 is 4.74 Å². The highest BCUT2D eigenvalue weighted by molar-refractivity contribution is 9.09.